The molecule has 7 nitrogen and oxygen atoms in total. The van der Waals surface area contributed by atoms with E-state index in [0.29, 0.717) is 16.4 Å². The van der Waals surface area contributed by atoms with Gasteiger partial charge in [0.15, 0.2) is 0 Å². The lowest BCUT2D eigenvalue weighted by Crippen LogP contribution is -2.36. The number of aromatic nitrogens is 1. The van der Waals surface area contributed by atoms with E-state index in [2.05, 4.69) is 15.2 Å². The Morgan fingerprint density at radius 2 is 1.88 bits per heavy atom. The van der Waals surface area contributed by atoms with Gasteiger partial charge in [-0.3, -0.25) is 9.59 Å². The highest BCUT2D eigenvalue weighted by molar-refractivity contribution is 7.13. The number of halogens is 1. The smallest absolute Gasteiger partial charge is 0.243 e. The van der Waals surface area contributed by atoms with E-state index >= 15 is 0 Å². The molecule has 0 bridgehead atoms. The van der Waals surface area contributed by atoms with Gasteiger partial charge in [-0.2, -0.15) is 0 Å². The molecular formula is C24H25ClN4O3S. The minimum atomic E-state index is -0.250. The van der Waals surface area contributed by atoms with Crippen molar-refractivity contribution in [1.29, 1.82) is 0 Å². The minimum Gasteiger partial charge on any atom is -0.378 e. The van der Waals surface area contributed by atoms with Crippen LogP contribution in [0.5, 0.6) is 0 Å². The van der Waals surface area contributed by atoms with Crippen LogP contribution < -0.4 is 10.2 Å². The third kappa shape index (κ3) is 6.10. The standard InChI is InChI=1S/C24H25ClN4O3S/c1-28(23(31)14-18-16-33-24(27-18)20-4-2-3-5-21(20)25)15-22(30)26-17-6-8-19(9-7-17)29-10-12-32-13-11-29/h2-9,16H,10-15H2,1H3,(H,26,30). The van der Waals surface area contributed by atoms with E-state index in [1.165, 1.54) is 16.2 Å². The predicted molar refractivity (Wildman–Crippen MR) is 132 cm³/mol. The first-order valence-electron chi connectivity index (χ1n) is 10.7. The molecule has 172 valence electrons. The summed E-state index contributed by atoms with van der Waals surface area (Å²) in [7, 11) is 1.62. The topological polar surface area (TPSA) is 74.8 Å². The third-order valence-corrected chi connectivity index (χ3v) is 6.58. The van der Waals surface area contributed by atoms with Crippen molar-refractivity contribution >= 4 is 46.1 Å². The minimum absolute atomic E-state index is 0.0362. The number of hydrogen-bond donors (Lipinski definition) is 1. The molecule has 3 aromatic rings. The van der Waals surface area contributed by atoms with Crippen molar-refractivity contribution < 1.29 is 14.3 Å². The van der Waals surface area contributed by atoms with E-state index in [1.54, 1.807) is 7.05 Å². The highest BCUT2D eigenvalue weighted by atomic mass is 35.5. The Labute approximate surface area is 201 Å². The van der Waals surface area contributed by atoms with Gasteiger partial charge in [0.1, 0.15) is 5.01 Å². The molecule has 1 aromatic heterocycles. The van der Waals surface area contributed by atoms with Crippen molar-refractivity contribution in [2.45, 2.75) is 6.42 Å². The largest absolute Gasteiger partial charge is 0.378 e. The van der Waals surface area contributed by atoms with Crippen molar-refractivity contribution in [2.75, 3.05) is 50.1 Å². The fourth-order valence-electron chi connectivity index (χ4n) is 3.52. The fraction of sp³-hybridized carbons (Fsp3) is 0.292. The van der Waals surface area contributed by atoms with Crippen LogP contribution in [0.15, 0.2) is 53.9 Å². The summed E-state index contributed by atoms with van der Waals surface area (Å²) in [6.07, 6.45) is 0.124. The van der Waals surface area contributed by atoms with Gasteiger partial charge in [0.05, 0.1) is 36.9 Å². The molecule has 2 amide bonds. The Kier molecular flexibility index (Phi) is 7.59. The number of carbonyl (C=O) groups excluding carboxylic acids is 2. The summed E-state index contributed by atoms with van der Waals surface area (Å²) in [6.45, 7) is 3.13. The van der Waals surface area contributed by atoms with Gasteiger partial charge in [-0.1, -0.05) is 29.8 Å². The van der Waals surface area contributed by atoms with E-state index in [0.717, 1.165) is 42.6 Å². The van der Waals surface area contributed by atoms with Crippen molar-refractivity contribution in [2.24, 2.45) is 0 Å². The van der Waals surface area contributed by atoms with Crippen molar-refractivity contribution in [1.82, 2.24) is 9.88 Å². The second kappa shape index (κ2) is 10.8. The fourth-order valence-corrected chi connectivity index (χ4v) is 4.66. The van der Waals surface area contributed by atoms with Gasteiger partial charge in [-0.25, -0.2) is 4.98 Å². The molecule has 1 aliphatic heterocycles. The van der Waals surface area contributed by atoms with E-state index in [9.17, 15) is 9.59 Å². The first-order chi connectivity index (χ1) is 16.0. The predicted octanol–water partition coefficient (Wildman–Crippen LogP) is 3.94. The molecule has 9 heteroatoms. The average molecular weight is 485 g/mol. The van der Waals surface area contributed by atoms with Gasteiger partial charge in [0.2, 0.25) is 11.8 Å². The van der Waals surface area contributed by atoms with Crippen LogP contribution >= 0.6 is 22.9 Å². The quantitative estimate of drug-likeness (QED) is 0.549. The number of likely N-dealkylation sites (N-methyl/N-ethyl adjacent to an activating group) is 1. The summed E-state index contributed by atoms with van der Waals surface area (Å²) in [4.78, 5) is 33.2. The summed E-state index contributed by atoms with van der Waals surface area (Å²) < 4.78 is 5.38. The Bertz CT molecular complexity index is 1110. The van der Waals surface area contributed by atoms with E-state index in [-0.39, 0.29) is 24.8 Å². The zero-order chi connectivity index (χ0) is 23.2. The van der Waals surface area contributed by atoms with Gasteiger partial charge in [-0.15, -0.1) is 11.3 Å². The molecule has 0 unspecified atom stereocenters. The second-order valence-corrected chi connectivity index (χ2v) is 9.01. The molecule has 1 N–H and O–H groups in total. The maximum Gasteiger partial charge on any atom is 0.243 e. The Hall–Kier alpha value is -2.94. The first-order valence-corrected chi connectivity index (χ1v) is 11.9. The summed E-state index contributed by atoms with van der Waals surface area (Å²) in [5.41, 5.74) is 3.30. The van der Waals surface area contributed by atoms with Crippen LogP contribution in [0.4, 0.5) is 11.4 Å². The maximum absolute atomic E-state index is 12.6. The Morgan fingerprint density at radius 1 is 1.15 bits per heavy atom. The van der Waals surface area contributed by atoms with Gasteiger partial charge in [0.25, 0.3) is 0 Å². The summed E-state index contributed by atoms with van der Waals surface area (Å²) in [6, 6.07) is 15.2. The van der Waals surface area contributed by atoms with Crippen LogP contribution in [0.2, 0.25) is 5.02 Å². The number of ether oxygens (including phenoxy) is 1. The first kappa shape index (κ1) is 23.2. The molecule has 4 rings (SSSR count). The molecule has 0 aliphatic carbocycles. The summed E-state index contributed by atoms with van der Waals surface area (Å²) >= 11 is 7.68. The molecule has 2 heterocycles. The highest BCUT2D eigenvalue weighted by Crippen LogP contribution is 2.30. The lowest BCUT2D eigenvalue weighted by atomic mass is 10.2. The summed E-state index contributed by atoms with van der Waals surface area (Å²) in [5, 5.41) is 6.09. The van der Waals surface area contributed by atoms with Crippen LogP contribution in [0, 0.1) is 0 Å². The lowest BCUT2D eigenvalue weighted by Gasteiger charge is -2.28. The number of carbonyl (C=O) groups is 2. The van der Waals surface area contributed by atoms with Crippen molar-refractivity contribution in [3.05, 3.63) is 64.6 Å². The molecule has 1 fully saturated rings. The van der Waals surface area contributed by atoms with E-state index in [1.807, 2.05) is 53.9 Å². The monoisotopic (exact) mass is 484 g/mol. The van der Waals surface area contributed by atoms with Gasteiger partial charge in [-0.05, 0) is 30.3 Å². The number of morpholine rings is 1. The van der Waals surface area contributed by atoms with Gasteiger partial charge >= 0.3 is 0 Å². The number of anilines is 2. The molecule has 1 saturated heterocycles. The number of benzene rings is 2. The number of amides is 2. The van der Waals surface area contributed by atoms with Crippen LogP contribution in [-0.2, 0) is 20.7 Å². The molecule has 0 spiro atoms. The number of rotatable bonds is 7. The third-order valence-electron chi connectivity index (χ3n) is 5.32. The molecule has 0 saturated carbocycles. The molecule has 0 radical (unpaired) electrons. The molecule has 33 heavy (non-hydrogen) atoms. The number of nitrogens with zero attached hydrogens (tertiary/aromatic N) is 3. The summed E-state index contributed by atoms with van der Waals surface area (Å²) in [5.74, 6) is -0.427. The Morgan fingerprint density at radius 3 is 2.61 bits per heavy atom. The number of hydrogen-bond acceptors (Lipinski definition) is 6. The average Bonchev–Trinajstić information content (AvgIpc) is 3.28. The molecule has 1 aliphatic rings. The highest BCUT2D eigenvalue weighted by Gasteiger charge is 2.17. The van der Waals surface area contributed by atoms with Gasteiger partial charge in [0, 0.05) is 42.5 Å². The normalized spacial score (nSPS) is 13.6. The number of thiazole rings is 1. The van der Waals surface area contributed by atoms with Crippen molar-refractivity contribution in [3.8, 4) is 10.6 Å². The SMILES string of the molecule is CN(CC(=O)Nc1ccc(N2CCOCC2)cc1)C(=O)Cc1csc(-c2ccccc2Cl)n1. The van der Waals surface area contributed by atoms with Crippen LogP contribution in [-0.4, -0.2) is 61.6 Å². The zero-order valence-electron chi connectivity index (χ0n) is 18.3. The van der Waals surface area contributed by atoms with Crippen LogP contribution in [0.25, 0.3) is 10.6 Å². The lowest BCUT2D eigenvalue weighted by molar-refractivity contribution is -0.132. The van der Waals surface area contributed by atoms with Crippen LogP contribution in [0.1, 0.15) is 5.69 Å². The molecular weight excluding hydrogens is 460 g/mol. The zero-order valence-corrected chi connectivity index (χ0v) is 19.9. The van der Waals surface area contributed by atoms with Gasteiger partial charge < -0.3 is 19.9 Å². The molecule has 2 aromatic carbocycles. The van der Waals surface area contributed by atoms with Crippen molar-refractivity contribution in [3.63, 3.8) is 0 Å². The Balaban J connectivity index is 1.28. The second-order valence-electron chi connectivity index (χ2n) is 7.74. The van der Waals surface area contributed by atoms with E-state index in [4.69, 9.17) is 16.3 Å². The van der Waals surface area contributed by atoms with E-state index < -0.39 is 0 Å². The number of nitrogens with one attached hydrogen (secondary N) is 1. The van der Waals surface area contributed by atoms with Crippen LogP contribution in [0.3, 0.4) is 0 Å². The maximum atomic E-state index is 12.6. The molecule has 0 atom stereocenters.